The van der Waals surface area contributed by atoms with E-state index >= 15 is 0 Å². The summed E-state index contributed by atoms with van der Waals surface area (Å²) in [5.74, 6) is -0.587. The van der Waals surface area contributed by atoms with Crippen molar-refractivity contribution < 1.29 is 71.4 Å². The molecule has 7 N–H and O–H groups in total. The van der Waals surface area contributed by atoms with E-state index in [0.717, 1.165) is 74.5 Å². The maximum absolute atomic E-state index is 12.9. The molecule has 418 valence electrons. The summed E-state index contributed by atoms with van der Waals surface area (Å²) in [6.45, 7) is 3.99. The van der Waals surface area contributed by atoms with Crippen LogP contribution in [0.25, 0.3) is 0 Å². The number of aliphatic hydroxyl groups excluding tert-OH is 3. The zero-order chi connectivity index (χ0) is 53.7. The maximum atomic E-state index is 12.9. The molecule has 1 aromatic heterocycles. The lowest BCUT2D eigenvalue weighted by atomic mass is 10.0. The number of ether oxygens (including phenoxy) is 3. The Hall–Kier alpha value is -3.32. The first kappa shape index (κ1) is 65.8. The molecule has 1 aliphatic heterocycles. The van der Waals surface area contributed by atoms with Gasteiger partial charge in [0.25, 0.3) is 0 Å². The number of unbranched alkanes of at least 4 members (excludes halogenated alkanes) is 15. The third-order valence-electron chi connectivity index (χ3n) is 11.9. The molecule has 1 saturated heterocycles. The molecule has 21 heteroatoms. The van der Waals surface area contributed by atoms with Crippen LogP contribution >= 0.6 is 15.6 Å². The fourth-order valence-corrected chi connectivity index (χ4v) is 9.86. The van der Waals surface area contributed by atoms with Gasteiger partial charge in [0.1, 0.15) is 30.7 Å². The molecule has 0 radical (unpaired) electrons. The van der Waals surface area contributed by atoms with Gasteiger partial charge in [-0.1, -0.05) is 152 Å². The summed E-state index contributed by atoms with van der Waals surface area (Å²) in [7, 11) is -10.9. The van der Waals surface area contributed by atoms with Crippen LogP contribution < -0.4 is 11.4 Å². The number of hydrogen-bond acceptors (Lipinski definition) is 16. The van der Waals surface area contributed by atoms with Gasteiger partial charge < -0.3 is 45.1 Å². The largest absolute Gasteiger partial charge is 0.481 e. The van der Waals surface area contributed by atoms with Crippen LogP contribution in [-0.2, 0) is 46.3 Å². The SMILES string of the molecule is CC(C)CCCCCCCCCCCCCCCCC(=O)OC[C@H](COP(=O)(O)OP(=O)(O)OC[C@H]1O[C@@H](n2ccc(N)nc2=O)[C@H](O)[C@@H]1O)OC(=O)CCC/C=C\C/C=C\C/C=C\C/C=C\CCC[C@H](C)O. The van der Waals surface area contributed by atoms with Gasteiger partial charge in [-0.25, -0.2) is 13.9 Å². The number of carbonyl (C=O) groups is 2. The zero-order valence-electron chi connectivity index (χ0n) is 43.7. The lowest BCUT2D eigenvalue weighted by Crippen LogP contribution is -2.36. The van der Waals surface area contributed by atoms with E-state index in [1.807, 2.05) is 18.2 Å². The normalized spacial score (nSPS) is 19.8. The van der Waals surface area contributed by atoms with Crippen LogP contribution in [0, 0.1) is 5.92 Å². The number of rotatable bonds is 43. The standard InChI is InChI=1S/C52H89N3O16P2/c1-42(2)33-29-25-21-17-13-9-7-8-11-15-19-23-27-31-35-47(57)66-39-44(69-48(58)36-32-28-24-20-16-12-6-4-5-10-14-18-22-26-30-34-43(3)56)40-67-72(62,63)71-73(64,65)68-41-45-49(59)50(60)51(70-45)55-38-37-46(53)54-52(55)61/h5-6,10,12,18,20,22,24,37-38,42-45,49-51,56,59-60H,4,7-9,11,13-17,19,21,23,25-36,39-41H2,1-3H3,(H,62,63)(H,64,65)(H2,53,54,61)/b10-5-,12-6-,22-18-,24-20-/t43-,44+,45+,49+,50+,51+/m0/s1. The summed E-state index contributed by atoms with van der Waals surface area (Å²) in [5, 5.41) is 30.2. The number of aliphatic hydroxyl groups is 3. The maximum Gasteiger partial charge on any atom is 0.481 e. The Bertz CT molecular complexity index is 1940. The first-order chi connectivity index (χ1) is 34.9. The number of phosphoric acid groups is 2. The van der Waals surface area contributed by atoms with Crippen LogP contribution in [0.2, 0.25) is 0 Å². The highest BCUT2D eigenvalue weighted by Gasteiger charge is 2.46. The molecule has 2 rings (SSSR count). The number of carbonyl (C=O) groups excluding carboxylic acids is 2. The first-order valence-corrected chi connectivity index (χ1v) is 29.5. The Morgan fingerprint density at radius 3 is 1.75 bits per heavy atom. The molecule has 2 heterocycles. The topological polar surface area (TPSA) is 286 Å². The Kier molecular flexibility index (Phi) is 35.3. The van der Waals surface area contributed by atoms with Gasteiger partial charge >= 0.3 is 33.3 Å². The lowest BCUT2D eigenvalue weighted by molar-refractivity contribution is -0.161. The summed E-state index contributed by atoms with van der Waals surface area (Å²) >= 11 is 0. The number of phosphoric ester groups is 2. The first-order valence-electron chi connectivity index (χ1n) is 26.5. The molecule has 1 aliphatic rings. The number of aromatic nitrogens is 2. The molecule has 19 nitrogen and oxygen atoms in total. The molecule has 0 aromatic carbocycles. The minimum Gasteiger partial charge on any atom is -0.462 e. The minimum absolute atomic E-state index is 0.0375. The summed E-state index contributed by atoms with van der Waals surface area (Å²) in [4.78, 5) is 62.0. The van der Waals surface area contributed by atoms with Crippen LogP contribution in [-0.4, -0.2) is 96.9 Å². The molecule has 0 spiro atoms. The average Bonchev–Trinajstić information content (AvgIpc) is 3.60. The minimum atomic E-state index is -5.44. The smallest absolute Gasteiger partial charge is 0.462 e. The highest BCUT2D eigenvalue weighted by atomic mass is 31.3. The quantitative estimate of drug-likeness (QED) is 0.0153. The molecule has 0 amide bonds. The highest BCUT2D eigenvalue weighted by Crippen LogP contribution is 2.60. The highest BCUT2D eigenvalue weighted by molar-refractivity contribution is 7.61. The van der Waals surface area contributed by atoms with Gasteiger partial charge in [-0.15, -0.1) is 0 Å². The number of anilines is 1. The third-order valence-corrected chi connectivity index (χ3v) is 14.5. The average molecular weight is 1070 g/mol. The third kappa shape index (κ3) is 33.4. The van der Waals surface area contributed by atoms with Gasteiger partial charge in [0.15, 0.2) is 12.3 Å². The summed E-state index contributed by atoms with van der Waals surface area (Å²) in [5.41, 5.74) is 4.58. The molecule has 1 aromatic rings. The van der Waals surface area contributed by atoms with Crippen molar-refractivity contribution in [1.82, 2.24) is 9.55 Å². The summed E-state index contributed by atoms with van der Waals surface area (Å²) in [6, 6.07) is 1.24. The number of esters is 2. The predicted molar refractivity (Wildman–Crippen MR) is 281 cm³/mol. The van der Waals surface area contributed by atoms with Gasteiger partial charge in [-0.05, 0) is 76.7 Å². The van der Waals surface area contributed by atoms with Crippen molar-refractivity contribution in [2.24, 2.45) is 5.92 Å². The van der Waals surface area contributed by atoms with E-state index < -0.39 is 83.7 Å². The fourth-order valence-electron chi connectivity index (χ4n) is 7.75. The van der Waals surface area contributed by atoms with Crippen molar-refractivity contribution >= 4 is 33.4 Å². The fraction of sp³-hybridized carbons (Fsp3) is 0.731. The van der Waals surface area contributed by atoms with Gasteiger partial charge in [0.05, 0.1) is 19.3 Å². The van der Waals surface area contributed by atoms with Crippen molar-refractivity contribution in [3.63, 3.8) is 0 Å². The Balaban J connectivity index is 1.81. The van der Waals surface area contributed by atoms with E-state index in [0.29, 0.717) is 25.7 Å². The van der Waals surface area contributed by atoms with Gasteiger partial charge in [0, 0.05) is 19.0 Å². The Labute approximate surface area is 433 Å². The molecule has 0 saturated carbocycles. The van der Waals surface area contributed by atoms with Crippen LogP contribution in [0.4, 0.5) is 5.82 Å². The second-order valence-electron chi connectivity index (χ2n) is 19.1. The molecule has 1 fully saturated rings. The monoisotopic (exact) mass is 1070 g/mol. The van der Waals surface area contributed by atoms with Crippen LogP contribution in [0.5, 0.6) is 0 Å². The molecular formula is C52H89N3O16P2. The predicted octanol–water partition coefficient (Wildman–Crippen LogP) is 10.2. The Morgan fingerprint density at radius 2 is 1.21 bits per heavy atom. The van der Waals surface area contributed by atoms with Gasteiger partial charge in [-0.3, -0.25) is 23.2 Å². The van der Waals surface area contributed by atoms with E-state index in [9.17, 15) is 48.6 Å². The Morgan fingerprint density at radius 1 is 0.699 bits per heavy atom. The van der Waals surface area contributed by atoms with E-state index in [2.05, 4.69) is 53.5 Å². The van der Waals surface area contributed by atoms with Crippen molar-refractivity contribution in [1.29, 1.82) is 0 Å². The van der Waals surface area contributed by atoms with Crippen molar-refractivity contribution in [3.8, 4) is 0 Å². The molecule has 0 bridgehead atoms. The number of nitrogen functional groups attached to an aromatic ring is 1. The van der Waals surface area contributed by atoms with Crippen molar-refractivity contribution in [2.45, 2.75) is 218 Å². The second kappa shape index (κ2) is 39.1. The van der Waals surface area contributed by atoms with Crippen LogP contribution in [0.15, 0.2) is 65.7 Å². The number of nitrogens with zero attached hydrogens (tertiary/aromatic N) is 2. The summed E-state index contributed by atoms with van der Waals surface area (Å²) in [6.07, 6.45) is 33.3. The molecule has 73 heavy (non-hydrogen) atoms. The number of hydrogen-bond donors (Lipinski definition) is 6. The van der Waals surface area contributed by atoms with E-state index in [4.69, 9.17) is 29.0 Å². The van der Waals surface area contributed by atoms with Crippen molar-refractivity contribution in [2.75, 3.05) is 25.6 Å². The van der Waals surface area contributed by atoms with Crippen LogP contribution in [0.1, 0.15) is 188 Å². The summed E-state index contributed by atoms with van der Waals surface area (Å²) < 4.78 is 56.8. The number of allylic oxidation sites excluding steroid dienone is 8. The van der Waals surface area contributed by atoms with E-state index in [1.165, 1.54) is 70.3 Å². The van der Waals surface area contributed by atoms with Crippen molar-refractivity contribution in [3.05, 3.63) is 71.4 Å². The molecular weight excluding hydrogens is 985 g/mol. The number of nitrogens with two attached hydrogens (primary N) is 1. The second-order valence-corrected chi connectivity index (χ2v) is 22.2. The molecule has 0 aliphatic carbocycles. The lowest BCUT2D eigenvalue weighted by Gasteiger charge is -2.21. The van der Waals surface area contributed by atoms with Gasteiger partial charge in [0.2, 0.25) is 0 Å². The zero-order valence-corrected chi connectivity index (χ0v) is 45.5. The van der Waals surface area contributed by atoms with Crippen LogP contribution in [0.3, 0.4) is 0 Å². The molecule has 2 unspecified atom stereocenters. The molecule has 8 atom stereocenters. The van der Waals surface area contributed by atoms with E-state index in [1.54, 1.807) is 6.92 Å². The van der Waals surface area contributed by atoms with Gasteiger partial charge in [-0.2, -0.15) is 9.29 Å². The van der Waals surface area contributed by atoms with E-state index in [-0.39, 0.29) is 24.8 Å².